The van der Waals surface area contributed by atoms with E-state index in [9.17, 15) is 0 Å². The third-order valence-corrected chi connectivity index (χ3v) is 3.47. The molecule has 1 aliphatic rings. The first-order valence-corrected chi connectivity index (χ1v) is 6.54. The van der Waals surface area contributed by atoms with E-state index in [0.29, 0.717) is 6.04 Å². The summed E-state index contributed by atoms with van der Waals surface area (Å²) >= 11 is 6.00. The fourth-order valence-corrected chi connectivity index (χ4v) is 2.33. The zero-order valence-electron chi connectivity index (χ0n) is 9.91. The molecule has 0 saturated heterocycles. The van der Waals surface area contributed by atoms with E-state index in [2.05, 4.69) is 27.9 Å². The van der Waals surface area contributed by atoms with E-state index in [1.165, 1.54) is 18.4 Å². The fraction of sp³-hybridized carbons (Fsp3) is 0.462. The molecule has 17 heavy (non-hydrogen) atoms. The molecule has 4 heteroatoms. The van der Waals surface area contributed by atoms with Crippen molar-refractivity contribution >= 4 is 22.6 Å². The number of aryl methyl sites for hydroxylation is 1. The molecule has 1 aromatic heterocycles. The van der Waals surface area contributed by atoms with Crippen molar-refractivity contribution in [2.45, 2.75) is 38.9 Å². The van der Waals surface area contributed by atoms with Crippen molar-refractivity contribution in [3.8, 4) is 0 Å². The molecule has 0 radical (unpaired) electrons. The first kappa shape index (κ1) is 11.1. The van der Waals surface area contributed by atoms with E-state index in [1.54, 1.807) is 0 Å². The molecule has 3 rings (SSSR count). The van der Waals surface area contributed by atoms with Crippen molar-refractivity contribution in [3.05, 3.63) is 29.0 Å². The predicted molar refractivity (Wildman–Crippen MR) is 70.3 cm³/mol. The molecule has 1 saturated carbocycles. The number of nitrogens with one attached hydrogen (secondary N) is 1. The van der Waals surface area contributed by atoms with Gasteiger partial charge in [-0.15, -0.1) is 0 Å². The van der Waals surface area contributed by atoms with Crippen LogP contribution < -0.4 is 5.32 Å². The van der Waals surface area contributed by atoms with Crippen LogP contribution in [-0.4, -0.2) is 15.6 Å². The summed E-state index contributed by atoms with van der Waals surface area (Å²) in [5.74, 6) is 1.11. The minimum Gasteiger partial charge on any atom is -0.327 e. The lowest BCUT2D eigenvalue weighted by Gasteiger charge is -2.06. The molecule has 0 unspecified atom stereocenters. The van der Waals surface area contributed by atoms with E-state index in [4.69, 9.17) is 11.6 Å². The van der Waals surface area contributed by atoms with Gasteiger partial charge < -0.3 is 9.88 Å². The van der Waals surface area contributed by atoms with Gasteiger partial charge in [0, 0.05) is 17.6 Å². The van der Waals surface area contributed by atoms with Crippen LogP contribution >= 0.6 is 11.6 Å². The van der Waals surface area contributed by atoms with Crippen molar-refractivity contribution in [2.24, 2.45) is 0 Å². The molecule has 1 aliphatic carbocycles. The molecule has 2 aromatic rings. The first-order valence-electron chi connectivity index (χ1n) is 6.16. The Morgan fingerprint density at radius 1 is 1.47 bits per heavy atom. The van der Waals surface area contributed by atoms with E-state index in [-0.39, 0.29) is 0 Å². The van der Waals surface area contributed by atoms with Gasteiger partial charge >= 0.3 is 0 Å². The molecule has 3 nitrogen and oxygen atoms in total. The monoisotopic (exact) mass is 249 g/mol. The van der Waals surface area contributed by atoms with Gasteiger partial charge in [-0.3, -0.25) is 0 Å². The molecule has 0 amide bonds. The molecule has 1 aromatic carbocycles. The number of nitrogens with zero attached hydrogens (tertiary/aromatic N) is 2. The average molecular weight is 250 g/mol. The molecule has 0 spiro atoms. The number of imidazole rings is 1. The van der Waals surface area contributed by atoms with Gasteiger partial charge in [0.25, 0.3) is 0 Å². The third-order valence-electron chi connectivity index (χ3n) is 3.23. The van der Waals surface area contributed by atoms with E-state index < -0.39 is 0 Å². The highest BCUT2D eigenvalue weighted by atomic mass is 35.5. The number of benzene rings is 1. The molecule has 0 atom stereocenters. The van der Waals surface area contributed by atoms with Crippen LogP contribution in [0.3, 0.4) is 0 Å². The minimum absolute atomic E-state index is 0.712. The zero-order valence-corrected chi connectivity index (χ0v) is 10.7. The fourth-order valence-electron chi connectivity index (χ4n) is 2.16. The van der Waals surface area contributed by atoms with Crippen LogP contribution in [0.5, 0.6) is 0 Å². The van der Waals surface area contributed by atoms with Gasteiger partial charge in [-0.2, -0.15) is 0 Å². The Morgan fingerprint density at radius 3 is 3.00 bits per heavy atom. The van der Waals surface area contributed by atoms with E-state index in [0.717, 1.165) is 29.5 Å². The molecule has 1 heterocycles. The maximum absolute atomic E-state index is 6.00. The summed E-state index contributed by atoms with van der Waals surface area (Å²) < 4.78 is 2.25. The molecule has 1 fully saturated rings. The second-order valence-corrected chi connectivity index (χ2v) is 5.00. The first-order chi connectivity index (χ1) is 8.28. The Kier molecular flexibility index (Phi) is 2.81. The maximum Gasteiger partial charge on any atom is 0.123 e. The highest BCUT2D eigenvalue weighted by Crippen LogP contribution is 2.22. The van der Waals surface area contributed by atoms with Gasteiger partial charge in [0.2, 0.25) is 0 Å². The Bertz CT molecular complexity index is 543. The predicted octanol–water partition coefficient (Wildman–Crippen LogP) is 2.96. The number of rotatable bonds is 4. The number of aromatic nitrogens is 2. The van der Waals surface area contributed by atoms with E-state index >= 15 is 0 Å². The molecule has 0 aliphatic heterocycles. The SMILES string of the molecule is CCn1c(CNC2CC2)nc2cc(Cl)ccc21. The third kappa shape index (κ3) is 2.17. The topological polar surface area (TPSA) is 29.9 Å². The van der Waals surface area contributed by atoms with Gasteiger partial charge in [0.15, 0.2) is 0 Å². The summed E-state index contributed by atoms with van der Waals surface area (Å²) in [5, 5.41) is 4.26. The summed E-state index contributed by atoms with van der Waals surface area (Å²) in [6.45, 7) is 3.95. The second-order valence-electron chi connectivity index (χ2n) is 4.56. The van der Waals surface area contributed by atoms with Gasteiger partial charge in [0.1, 0.15) is 5.82 Å². The van der Waals surface area contributed by atoms with Crippen molar-refractivity contribution in [1.29, 1.82) is 0 Å². The normalized spacial score (nSPS) is 15.6. The Labute approximate surface area is 106 Å². The number of halogens is 1. The largest absolute Gasteiger partial charge is 0.327 e. The maximum atomic E-state index is 6.00. The Balaban J connectivity index is 1.97. The van der Waals surface area contributed by atoms with Crippen molar-refractivity contribution < 1.29 is 0 Å². The van der Waals surface area contributed by atoms with Crippen LogP contribution in [0.2, 0.25) is 5.02 Å². The molecular formula is C13H16ClN3. The summed E-state index contributed by atoms with van der Waals surface area (Å²) in [4.78, 5) is 4.66. The summed E-state index contributed by atoms with van der Waals surface area (Å²) in [6, 6.07) is 6.62. The molecular weight excluding hydrogens is 234 g/mol. The van der Waals surface area contributed by atoms with Crippen LogP contribution in [0.4, 0.5) is 0 Å². The average Bonchev–Trinajstić information content (AvgIpc) is 3.07. The standard InChI is InChI=1S/C13H16ClN3/c1-2-17-12-6-3-9(14)7-11(12)16-13(17)8-15-10-4-5-10/h3,6-7,10,15H,2,4-5,8H2,1H3. The van der Waals surface area contributed by atoms with Gasteiger partial charge in [0.05, 0.1) is 17.6 Å². The lowest BCUT2D eigenvalue weighted by Crippen LogP contribution is -2.18. The van der Waals surface area contributed by atoms with Gasteiger partial charge in [-0.1, -0.05) is 11.6 Å². The summed E-state index contributed by atoms with van der Waals surface area (Å²) in [6.07, 6.45) is 2.61. The van der Waals surface area contributed by atoms with Crippen LogP contribution in [-0.2, 0) is 13.1 Å². The van der Waals surface area contributed by atoms with Gasteiger partial charge in [-0.25, -0.2) is 4.98 Å². The van der Waals surface area contributed by atoms with E-state index in [1.807, 2.05) is 12.1 Å². The smallest absolute Gasteiger partial charge is 0.123 e. The van der Waals surface area contributed by atoms with Crippen LogP contribution in [0, 0.1) is 0 Å². The molecule has 90 valence electrons. The molecule has 0 bridgehead atoms. The number of hydrogen-bond acceptors (Lipinski definition) is 2. The van der Waals surface area contributed by atoms with Crippen LogP contribution in [0.1, 0.15) is 25.6 Å². The lowest BCUT2D eigenvalue weighted by atomic mass is 10.3. The zero-order chi connectivity index (χ0) is 11.8. The van der Waals surface area contributed by atoms with Crippen LogP contribution in [0.25, 0.3) is 11.0 Å². The highest BCUT2D eigenvalue weighted by Gasteiger charge is 2.21. The lowest BCUT2D eigenvalue weighted by molar-refractivity contribution is 0.618. The number of fused-ring (bicyclic) bond motifs is 1. The van der Waals surface area contributed by atoms with Crippen molar-refractivity contribution in [2.75, 3.05) is 0 Å². The summed E-state index contributed by atoms with van der Waals surface area (Å²) in [5.41, 5.74) is 2.16. The second kappa shape index (κ2) is 4.31. The number of hydrogen-bond donors (Lipinski definition) is 1. The Hall–Kier alpha value is -1.06. The van der Waals surface area contributed by atoms with Crippen molar-refractivity contribution in [1.82, 2.24) is 14.9 Å². The van der Waals surface area contributed by atoms with Crippen LogP contribution in [0.15, 0.2) is 18.2 Å². The van der Waals surface area contributed by atoms with Gasteiger partial charge in [-0.05, 0) is 38.0 Å². The van der Waals surface area contributed by atoms with Crippen molar-refractivity contribution in [3.63, 3.8) is 0 Å². The highest BCUT2D eigenvalue weighted by molar-refractivity contribution is 6.31. The quantitative estimate of drug-likeness (QED) is 0.903. The minimum atomic E-state index is 0.712. The molecule has 1 N–H and O–H groups in total. The summed E-state index contributed by atoms with van der Waals surface area (Å²) in [7, 11) is 0. The Morgan fingerprint density at radius 2 is 2.29 bits per heavy atom.